The molecule has 82 valence electrons. The summed E-state index contributed by atoms with van der Waals surface area (Å²) in [5.74, 6) is -0.660. The van der Waals surface area contributed by atoms with Crippen LogP contribution in [0.5, 0.6) is 0 Å². The smallest absolute Gasteiger partial charge is 0.258 e. The third-order valence-corrected chi connectivity index (χ3v) is 2.99. The number of aryl methyl sites for hydroxylation is 1. The first-order valence-corrected chi connectivity index (χ1v) is 5.77. The van der Waals surface area contributed by atoms with Gasteiger partial charge in [0.15, 0.2) is 0 Å². The molecule has 0 saturated carbocycles. The number of imide groups is 1. The van der Waals surface area contributed by atoms with Crippen molar-refractivity contribution in [2.75, 3.05) is 0 Å². The Morgan fingerprint density at radius 1 is 1.31 bits per heavy atom. The van der Waals surface area contributed by atoms with Gasteiger partial charge in [0, 0.05) is 10.5 Å². The summed E-state index contributed by atoms with van der Waals surface area (Å²) in [4.78, 5) is 22.6. The van der Waals surface area contributed by atoms with Gasteiger partial charge in [-0.1, -0.05) is 28.9 Å². The minimum atomic E-state index is -0.343. The van der Waals surface area contributed by atoms with Crippen LogP contribution in [-0.4, -0.2) is 11.8 Å². The number of carbonyl (C=O) groups excluding carboxylic acids is 2. The molecule has 1 aliphatic rings. The van der Waals surface area contributed by atoms with Crippen molar-refractivity contribution in [3.8, 4) is 0 Å². The normalized spacial score (nSPS) is 15.0. The second-order valence-corrected chi connectivity index (χ2v) is 4.45. The Bertz CT molecular complexity index is 506. The molecule has 1 heterocycles. The summed E-state index contributed by atoms with van der Waals surface area (Å²) in [5.41, 5.74) is 2.33. The first-order chi connectivity index (χ1) is 7.61. The fourth-order valence-corrected chi connectivity index (χ4v) is 2.14. The molecule has 0 aromatic heterocycles. The Labute approximate surface area is 102 Å². The van der Waals surface area contributed by atoms with Gasteiger partial charge < -0.3 is 0 Å². The van der Waals surface area contributed by atoms with E-state index in [9.17, 15) is 9.59 Å². The zero-order valence-electron chi connectivity index (χ0n) is 8.71. The fraction of sp³-hybridized carbons (Fsp3) is 0.167. The molecule has 0 atom stereocenters. The highest BCUT2D eigenvalue weighted by molar-refractivity contribution is 9.10. The van der Waals surface area contributed by atoms with Crippen LogP contribution in [0.3, 0.4) is 0 Å². The van der Waals surface area contributed by atoms with Gasteiger partial charge in [0.05, 0.1) is 5.57 Å². The molecule has 2 amide bonds. The lowest BCUT2D eigenvalue weighted by Gasteiger charge is -2.07. The highest BCUT2D eigenvalue weighted by Gasteiger charge is 2.23. The number of halogens is 1. The molecule has 1 aromatic carbocycles. The van der Waals surface area contributed by atoms with E-state index in [-0.39, 0.29) is 11.8 Å². The summed E-state index contributed by atoms with van der Waals surface area (Å²) in [6, 6.07) is 5.69. The first kappa shape index (κ1) is 11.1. The van der Waals surface area contributed by atoms with Gasteiger partial charge in [-0.3, -0.25) is 14.9 Å². The van der Waals surface area contributed by atoms with Gasteiger partial charge in [-0.2, -0.15) is 0 Å². The van der Waals surface area contributed by atoms with Gasteiger partial charge in [-0.15, -0.1) is 0 Å². The van der Waals surface area contributed by atoms with Crippen molar-refractivity contribution in [3.63, 3.8) is 0 Å². The van der Waals surface area contributed by atoms with E-state index >= 15 is 0 Å². The lowest BCUT2D eigenvalue weighted by atomic mass is 9.98. The van der Waals surface area contributed by atoms with Crippen LogP contribution in [0, 0.1) is 0 Å². The monoisotopic (exact) mass is 279 g/mol. The van der Waals surface area contributed by atoms with Crippen molar-refractivity contribution >= 4 is 33.3 Å². The maximum atomic E-state index is 11.5. The Morgan fingerprint density at radius 3 is 2.62 bits per heavy atom. The summed E-state index contributed by atoms with van der Waals surface area (Å²) in [5, 5.41) is 2.25. The van der Waals surface area contributed by atoms with E-state index in [0.29, 0.717) is 5.57 Å². The summed E-state index contributed by atoms with van der Waals surface area (Å²) >= 11 is 3.39. The van der Waals surface area contributed by atoms with Crippen LogP contribution in [0.25, 0.3) is 5.57 Å². The van der Waals surface area contributed by atoms with Crippen LogP contribution < -0.4 is 5.32 Å². The quantitative estimate of drug-likeness (QED) is 0.843. The molecule has 16 heavy (non-hydrogen) atoms. The van der Waals surface area contributed by atoms with Crippen LogP contribution in [0.15, 0.2) is 28.7 Å². The van der Waals surface area contributed by atoms with Crippen molar-refractivity contribution in [2.45, 2.75) is 13.3 Å². The minimum Gasteiger partial charge on any atom is -0.289 e. The van der Waals surface area contributed by atoms with E-state index < -0.39 is 0 Å². The number of hydrogen-bond donors (Lipinski definition) is 1. The third kappa shape index (κ3) is 1.93. The predicted octanol–water partition coefficient (Wildman–Crippen LogP) is 2.05. The summed E-state index contributed by atoms with van der Waals surface area (Å²) in [6.45, 7) is 2.01. The average Bonchev–Trinajstić information content (AvgIpc) is 2.57. The molecule has 0 bridgehead atoms. The van der Waals surface area contributed by atoms with Crippen molar-refractivity contribution in [1.82, 2.24) is 5.32 Å². The van der Waals surface area contributed by atoms with E-state index in [2.05, 4.69) is 21.2 Å². The zero-order valence-corrected chi connectivity index (χ0v) is 10.3. The summed E-state index contributed by atoms with van der Waals surface area (Å²) < 4.78 is 0.971. The van der Waals surface area contributed by atoms with Gasteiger partial charge in [-0.25, -0.2) is 0 Å². The molecular formula is C12H10BrNO2. The van der Waals surface area contributed by atoms with Crippen molar-refractivity contribution in [1.29, 1.82) is 0 Å². The van der Waals surface area contributed by atoms with Crippen LogP contribution in [-0.2, 0) is 16.0 Å². The van der Waals surface area contributed by atoms with Crippen molar-refractivity contribution in [2.24, 2.45) is 0 Å². The lowest BCUT2D eigenvalue weighted by Crippen LogP contribution is -2.22. The second kappa shape index (κ2) is 4.22. The van der Waals surface area contributed by atoms with Crippen LogP contribution in [0.2, 0.25) is 0 Å². The molecule has 2 rings (SSSR count). The molecule has 4 heteroatoms. The number of rotatable bonds is 2. The van der Waals surface area contributed by atoms with Crippen molar-refractivity contribution in [3.05, 3.63) is 39.9 Å². The predicted molar refractivity (Wildman–Crippen MR) is 64.6 cm³/mol. The Kier molecular flexibility index (Phi) is 2.92. The summed E-state index contributed by atoms with van der Waals surface area (Å²) in [6.07, 6.45) is 2.16. The van der Waals surface area contributed by atoms with Crippen LogP contribution in [0.4, 0.5) is 0 Å². The van der Waals surface area contributed by atoms with Gasteiger partial charge in [-0.05, 0) is 29.7 Å². The van der Waals surface area contributed by atoms with Gasteiger partial charge in [0.1, 0.15) is 0 Å². The molecule has 1 aliphatic heterocycles. The second-order valence-electron chi connectivity index (χ2n) is 3.53. The number of hydrogen-bond acceptors (Lipinski definition) is 2. The molecule has 0 saturated heterocycles. The van der Waals surface area contributed by atoms with E-state index in [0.717, 1.165) is 22.0 Å². The van der Waals surface area contributed by atoms with Gasteiger partial charge in [0.2, 0.25) is 0 Å². The number of carbonyl (C=O) groups is 2. The molecule has 1 N–H and O–H groups in total. The number of nitrogens with one attached hydrogen (secondary N) is 1. The fourth-order valence-electron chi connectivity index (χ4n) is 1.73. The van der Waals surface area contributed by atoms with Crippen LogP contribution in [0.1, 0.15) is 18.1 Å². The molecule has 3 nitrogen and oxygen atoms in total. The maximum absolute atomic E-state index is 11.5. The van der Waals surface area contributed by atoms with Gasteiger partial charge in [0.25, 0.3) is 11.8 Å². The topological polar surface area (TPSA) is 46.2 Å². The molecular weight excluding hydrogens is 270 g/mol. The van der Waals surface area contributed by atoms with Crippen LogP contribution >= 0.6 is 15.9 Å². The van der Waals surface area contributed by atoms with E-state index in [1.54, 1.807) is 0 Å². The Hall–Kier alpha value is -1.42. The van der Waals surface area contributed by atoms with Gasteiger partial charge >= 0.3 is 0 Å². The number of amides is 2. The molecule has 0 radical (unpaired) electrons. The van der Waals surface area contributed by atoms with E-state index in [1.165, 1.54) is 6.08 Å². The minimum absolute atomic E-state index is 0.318. The largest absolute Gasteiger partial charge is 0.289 e. The van der Waals surface area contributed by atoms with E-state index in [1.807, 2.05) is 25.1 Å². The molecule has 0 fully saturated rings. The standard InChI is InChI=1S/C12H10BrNO2/c1-2-7-5-8(13)3-4-9(7)10-6-11(15)14-12(10)16/h3-6H,2H2,1H3,(H,14,15,16). The Balaban J connectivity index is 2.52. The van der Waals surface area contributed by atoms with Crippen molar-refractivity contribution < 1.29 is 9.59 Å². The molecule has 0 spiro atoms. The summed E-state index contributed by atoms with van der Waals surface area (Å²) in [7, 11) is 0. The highest BCUT2D eigenvalue weighted by atomic mass is 79.9. The number of benzene rings is 1. The maximum Gasteiger partial charge on any atom is 0.258 e. The highest BCUT2D eigenvalue weighted by Crippen LogP contribution is 2.25. The average molecular weight is 280 g/mol. The first-order valence-electron chi connectivity index (χ1n) is 4.97. The molecule has 0 unspecified atom stereocenters. The third-order valence-electron chi connectivity index (χ3n) is 2.50. The lowest BCUT2D eigenvalue weighted by molar-refractivity contribution is -0.123. The zero-order chi connectivity index (χ0) is 11.7. The van der Waals surface area contributed by atoms with E-state index in [4.69, 9.17) is 0 Å². The Morgan fingerprint density at radius 2 is 2.06 bits per heavy atom. The SMILES string of the molecule is CCc1cc(Br)ccc1C1=CC(=O)NC1=O. The molecule has 0 aliphatic carbocycles. The molecule has 1 aromatic rings.